The van der Waals surface area contributed by atoms with Crippen LogP contribution in [0.2, 0.25) is 6.82 Å². The summed E-state index contributed by atoms with van der Waals surface area (Å²) in [6, 6.07) is 2.40. The van der Waals surface area contributed by atoms with E-state index in [2.05, 4.69) is 0 Å². The monoisotopic (exact) mass is 242 g/mol. The molecule has 2 nitrogen and oxygen atoms in total. The quantitative estimate of drug-likeness (QED) is 0.557. The predicted molar refractivity (Wildman–Crippen MR) is 57.5 cm³/mol. The fraction of sp³-hybridized carbons (Fsp3) is 0.364. The molecule has 0 amide bonds. The first-order valence-corrected chi connectivity index (χ1v) is 5.17. The SMILES string of the molecule is CB1OCc2c1cc(C(C)=O)cc2C(F)(F)F. The number of alkyl halides is 3. The first-order chi connectivity index (χ1) is 7.80. The summed E-state index contributed by atoms with van der Waals surface area (Å²) in [6.45, 7) is 2.48. The number of ketones is 1. The summed E-state index contributed by atoms with van der Waals surface area (Å²) >= 11 is 0. The minimum Gasteiger partial charge on any atom is -0.427 e. The molecule has 0 radical (unpaired) electrons. The van der Waals surface area contributed by atoms with E-state index in [9.17, 15) is 18.0 Å². The van der Waals surface area contributed by atoms with Crippen LogP contribution in [-0.2, 0) is 17.4 Å². The Morgan fingerprint density at radius 1 is 1.41 bits per heavy atom. The third kappa shape index (κ3) is 2.09. The van der Waals surface area contributed by atoms with E-state index in [-0.39, 0.29) is 23.5 Å². The molecule has 0 atom stereocenters. The number of rotatable bonds is 1. The molecule has 1 aliphatic heterocycles. The number of halogens is 3. The van der Waals surface area contributed by atoms with E-state index in [4.69, 9.17) is 4.65 Å². The van der Waals surface area contributed by atoms with Crippen molar-refractivity contribution in [2.24, 2.45) is 0 Å². The average Bonchev–Trinajstić information content (AvgIpc) is 2.58. The smallest absolute Gasteiger partial charge is 0.416 e. The zero-order valence-corrected chi connectivity index (χ0v) is 9.39. The van der Waals surface area contributed by atoms with Crippen molar-refractivity contribution in [3.63, 3.8) is 0 Å². The first kappa shape index (κ1) is 12.2. The molecule has 6 heteroatoms. The molecule has 0 bridgehead atoms. The van der Waals surface area contributed by atoms with Crippen LogP contribution < -0.4 is 5.46 Å². The van der Waals surface area contributed by atoms with Crippen molar-refractivity contribution in [2.75, 3.05) is 0 Å². The van der Waals surface area contributed by atoms with E-state index >= 15 is 0 Å². The third-order valence-corrected chi connectivity index (χ3v) is 2.91. The molecule has 0 unspecified atom stereocenters. The van der Waals surface area contributed by atoms with Gasteiger partial charge >= 0.3 is 13.1 Å². The van der Waals surface area contributed by atoms with Gasteiger partial charge in [-0.05, 0) is 24.0 Å². The number of benzene rings is 1. The van der Waals surface area contributed by atoms with Crippen LogP contribution in [0.1, 0.15) is 28.4 Å². The normalized spacial score (nSPS) is 15.0. The van der Waals surface area contributed by atoms with Crippen molar-refractivity contribution in [1.82, 2.24) is 0 Å². The second-order valence-electron chi connectivity index (χ2n) is 4.10. The lowest BCUT2D eigenvalue weighted by molar-refractivity contribution is -0.138. The highest BCUT2D eigenvalue weighted by Gasteiger charge is 2.38. The Kier molecular flexibility index (Phi) is 2.77. The van der Waals surface area contributed by atoms with Gasteiger partial charge in [-0.1, -0.05) is 12.9 Å². The maximum atomic E-state index is 12.8. The molecule has 0 spiro atoms. The van der Waals surface area contributed by atoms with Gasteiger partial charge in [0.1, 0.15) is 0 Å². The number of hydrogen-bond donors (Lipinski definition) is 0. The fourth-order valence-corrected chi connectivity index (χ4v) is 1.97. The Morgan fingerprint density at radius 2 is 2.06 bits per heavy atom. The van der Waals surface area contributed by atoms with Crippen molar-refractivity contribution in [1.29, 1.82) is 0 Å². The van der Waals surface area contributed by atoms with E-state index in [0.29, 0.717) is 5.46 Å². The number of carbonyl (C=O) groups excluding carboxylic acids is 1. The van der Waals surface area contributed by atoms with Gasteiger partial charge in [0.25, 0.3) is 0 Å². The average molecular weight is 242 g/mol. The minimum absolute atomic E-state index is 0.0521. The summed E-state index contributed by atoms with van der Waals surface area (Å²) in [4.78, 5) is 11.2. The molecule has 1 heterocycles. The first-order valence-electron chi connectivity index (χ1n) is 5.17. The van der Waals surface area contributed by atoms with Crippen LogP contribution in [0.15, 0.2) is 12.1 Å². The van der Waals surface area contributed by atoms with Gasteiger partial charge in [0.15, 0.2) is 5.78 Å². The van der Waals surface area contributed by atoms with Crippen LogP contribution in [0.25, 0.3) is 0 Å². The molecule has 0 fully saturated rings. The van der Waals surface area contributed by atoms with E-state index in [0.717, 1.165) is 6.07 Å². The van der Waals surface area contributed by atoms with Crippen LogP contribution in [0.5, 0.6) is 0 Å². The molecular formula is C11H10BF3O2. The van der Waals surface area contributed by atoms with Gasteiger partial charge in [-0.2, -0.15) is 13.2 Å². The molecule has 1 aromatic rings. The number of carbonyl (C=O) groups is 1. The Balaban J connectivity index is 2.67. The van der Waals surface area contributed by atoms with Gasteiger partial charge in [-0.3, -0.25) is 4.79 Å². The zero-order valence-electron chi connectivity index (χ0n) is 9.39. The van der Waals surface area contributed by atoms with Crippen LogP contribution in [0.4, 0.5) is 13.2 Å². The molecule has 0 aromatic heterocycles. The van der Waals surface area contributed by atoms with Crippen molar-refractivity contribution in [3.05, 3.63) is 28.8 Å². The highest BCUT2D eigenvalue weighted by atomic mass is 19.4. The summed E-state index contributed by atoms with van der Waals surface area (Å²) in [6.07, 6.45) is -4.46. The predicted octanol–water partition coefficient (Wildman–Crippen LogP) is 2.27. The van der Waals surface area contributed by atoms with Crippen molar-refractivity contribution in [2.45, 2.75) is 26.5 Å². The van der Waals surface area contributed by atoms with Crippen molar-refractivity contribution in [3.8, 4) is 0 Å². The summed E-state index contributed by atoms with van der Waals surface area (Å²) in [5.41, 5.74) is -0.0713. The maximum Gasteiger partial charge on any atom is 0.416 e. The van der Waals surface area contributed by atoms with Crippen LogP contribution in [0, 0.1) is 0 Å². The van der Waals surface area contributed by atoms with E-state index < -0.39 is 18.7 Å². The van der Waals surface area contributed by atoms with E-state index in [1.165, 1.54) is 13.0 Å². The fourth-order valence-electron chi connectivity index (χ4n) is 1.97. The number of hydrogen-bond acceptors (Lipinski definition) is 2. The second kappa shape index (κ2) is 3.87. The highest BCUT2D eigenvalue weighted by Crippen LogP contribution is 2.34. The molecule has 0 saturated heterocycles. The molecule has 0 N–H and O–H groups in total. The van der Waals surface area contributed by atoms with Gasteiger partial charge in [-0.15, -0.1) is 0 Å². The zero-order chi connectivity index (χ0) is 12.8. The molecular weight excluding hydrogens is 232 g/mol. The molecule has 2 rings (SSSR count). The van der Waals surface area contributed by atoms with E-state index in [1.54, 1.807) is 6.82 Å². The van der Waals surface area contributed by atoms with Crippen molar-refractivity contribution < 1.29 is 22.6 Å². The summed E-state index contributed by atoms with van der Waals surface area (Å²) in [5.74, 6) is -0.377. The summed E-state index contributed by atoms with van der Waals surface area (Å²) < 4.78 is 43.7. The molecule has 90 valence electrons. The van der Waals surface area contributed by atoms with Gasteiger partial charge in [-0.25, -0.2) is 0 Å². The van der Waals surface area contributed by atoms with Gasteiger partial charge in [0.2, 0.25) is 0 Å². The minimum atomic E-state index is -4.46. The summed E-state index contributed by atoms with van der Waals surface area (Å²) in [7, 11) is 0. The van der Waals surface area contributed by atoms with Crippen LogP contribution in [-0.4, -0.2) is 12.7 Å². The Morgan fingerprint density at radius 3 is 2.59 bits per heavy atom. The lowest BCUT2D eigenvalue weighted by Gasteiger charge is -2.13. The lowest BCUT2D eigenvalue weighted by Crippen LogP contribution is -2.27. The van der Waals surface area contributed by atoms with Crippen LogP contribution in [0.3, 0.4) is 0 Å². The van der Waals surface area contributed by atoms with Gasteiger partial charge in [0.05, 0.1) is 12.2 Å². The van der Waals surface area contributed by atoms with Crippen molar-refractivity contribution >= 4 is 18.2 Å². The Labute approximate surface area is 96.9 Å². The maximum absolute atomic E-state index is 12.8. The number of Topliss-reactive ketones (excluding diaryl/α,β-unsaturated/α-hetero) is 1. The largest absolute Gasteiger partial charge is 0.427 e. The molecule has 1 aromatic carbocycles. The second-order valence-corrected chi connectivity index (χ2v) is 4.10. The topological polar surface area (TPSA) is 26.3 Å². The molecule has 0 aliphatic carbocycles. The Bertz CT molecular complexity index is 482. The molecule has 17 heavy (non-hydrogen) atoms. The van der Waals surface area contributed by atoms with Gasteiger partial charge in [0, 0.05) is 5.56 Å². The molecule has 1 aliphatic rings. The Hall–Kier alpha value is -1.30. The highest BCUT2D eigenvalue weighted by molar-refractivity contribution is 6.67. The van der Waals surface area contributed by atoms with Crippen LogP contribution >= 0.6 is 0 Å². The lowest BCUT2D eigenvalue weighted by atomic mass is 9.63. The standard InChI is InChI=1S/C11H10BF3O2/c1-6(16)7-3-9(11(13,14)15)8-5-17-12(2)10(8)4-7/h3-4H,5H2,1-2H3. The third-order valence-electron chi connectivity index (χ3n) is 2.91. The summed E-state index contributed by atoms with van der Waals surface area (Å²) in [5, 5.41) is 0. The van der Waals surface area contributed by atoms with Gasteiger partial charge < -0.3 is 4.65 Å². The van der Waals surface area contributed by atoms with E-state index in [1.807, 2.05) is 0 Å². The molecule has 0 saturated carbocycles. The number of fused-ring (bicyclic) bond motifs is 1.